The van der Waals surface area contributed by atoms with Crippen molar-refractivity contribution in [1.29, 1.82) is 0 Å². The molecule has 0 radical (unpaired) electrons. The summed E-state index contributed by atoms with van der Waals surface area (Å²) in [6.45, 7) is 7.79. The standard InChI is InChI=1S/C18H26N4/c1-18(2,3)14-9-7-13(8-10-14)12-16-20-17(22-21-16)15-6-4-5-11-19-15/h7-10,15,19H,4-6,11-12H2,1-3H3,(H,20,21,22). The van der Waals surface area contributed by atoms with Gasteiger partial charge in [0.25, 0.3) is 0 Å². The Labute approximate surface area is 132 Å². The van der Waals surface area contributed by atoms with Crippen molar-refractivity contribution >= 4 is 0 Å². The van der Waals surface area contributed by atoms with Crippen molar-refractivity contribution in [2.75, 3.05) is 6.54 Å². The topological polar surface area (TPSA) is 53.6 Å². The molecule has 118 valence electrons. The monoisotopic (exact) mass is 298 g/mol. The predicted octanol–water partition coefficient (Wildman–Crippen LogP) is 3.51. The van der Waals surface area contributed by atoms with Crippen LogP contribution in [-0.4, -0.2) is 21.7 Å². The van der Waals surface area contributed by atoms with Gasteiger partial charge < -0.3 is 5.32 Å². The van der Waals surface area contributed by atoms with Gasteiger partial charge in [-0.25, -0.2) is 4.98 Å². The van der Waals surface area contributed by atoms with Gasteiger partial charge in [-0.05, 0) is 35.9 Å². The van der Waals surface area contributed by atoms with Gasteiger partial charge in [0, 0.05) is 6.42 Å². The van der Waals surface area contributed by atoms with E-state index in [1.54, 1.807) is 0 Å². The number of rotatable bonds is 3. The van der Waals surface area contributed by atoms with Gasteiger partial charge in [0.15, 0.2) is 5.82 Å². The van der Waals surface area contributed by atoms with Gasteiger partial charge in [-0.1, -0.05) is 51.5 Å². The Morgan fingerprint density at radius 3 is 2.55 bits per heavy atom. The van der Waals surface area contributed by atoms with Gasteiger partial charge in [-0.3, -0.25) is 5.10 Å². The van der Waals surface area contributed by atoms with Crippen molar-refractivity contribution in [2.24, 2.45) is 0 Å². The number of benzene rings is 1. The normalized spacial score (nSPS) is 19.3. The molecule has 4 nitrogen and oxygen atoms in total. The summed E-state index contributed by atoms with van der Waals surface area (Å²) in [5, 5.41) is 11.0. The van der Waals surface area contributed by atoms with Crippen LogP contribution in [0.1, 0.15) is 68.9 Å². The zero-order chi connectivity index (χ0) is 15.6. The third kappa shape index (κ3) is 3.55. The first-order chi connectivity index (χ1) is 10.5. The lowest BCUT2D eigenvalue weighted by molar-refractivity contribution is 0.398. The smallest absolute Gasteiger partial charge is 0.167 e. The zero-order valence-corrected chi connectivity index (χ0v) is 13.8. The van der Waals surface area contributed by atoms with Gasteiger partial charge in [0.1, 0.15) is 5.82 Å². The second-order valence-corrected chi connectivity index (χ2v) is 7.27. The molecule has 1 aliphatic rings. The van der Waals surface area contributed by atoms with Crippen molar-refractivity contribution in [2.45, 2.75) is 57.9 Å². The lowest BCUT2D eigenvalue weighted by Crippen LogP contribution is -2.27. The molecule has 1 unspecified atom stereocenters. The fourth-order valence-electron chi connectivity index (χ4n) is 2.93. The molecule has 0 amide bonds. The molecule has 0 saturated carbocycles. The Bertz CT molecular complexity index is 601. The molecule has 2 heterocycles. The second kappa shape index (κ2) is 6.21. The van der Waals surface area contributed by atoms with Crippen LogP contribution < -0.4 is 5.32 Å². The van der Waals surface area contributed by atoms with E-state index in [0.717, 1.165) is 31.0 Å². The van der Waals surface area contributed by atoms with Crippen LogP contribution in [0.5, 0.6) is 0 Å². The van der Waals surface area contributed by atoms with Crippen molar-refractivity contribution in [3.8, 4) is 0 Å². The van der Waals surface area contributed by atoms with E-state index in [1.807, 2.05) is 0 Å². The zero-order valence-electron chi connectivity index (χ0n) is 13.8. The van der Waals surface area contributed by atoms with Crippen LogP contribution in [0, 0.1) is 0 Å². The average Bonchev–Trinajstić information content (AvgIpc) is 2.96. The van der Waals surface area contributed by atoms with Crippen LogP contribution in [0.15, 0.2) is 24.3 Å². The van der Waals surface area contributed by atoms with Gasteiger partial charge in [-0.15, -0.1) is 0 Å². The molecule has 3 rings (SSSR count). The Morgan fingerprint density at radius 2 is 1.91 bits per heavy atom. The van der Waals surface area contributed by atoms with E-state index in [2.05, 4.69) is 65.5 Å². The third-order valence-corrected chi connectivity index (χ3v) is 4.36. The van der Waals surface area contributed by atoms with Crippen LogP contribution >= 0.6 is 0 Å². The first kappa shape index (κ1) is 15.2. The SMILES string of the molecule is CC(C)(C)c1ccc(Cc2nc(C3CCCCN3)n[nH]2)cc1. The number of piperidine rings is 1. The first-order valence-corrected chi connectivity index (χ1v) is 8.26. The Hall–Kier alpha value is -1.68. The summed E-state index contributed by atoms with van der Waals surface area (Å²) >= 11 is 0. The van der Waals surface area contributed by atoms with E-state index in [0.29, 0.717) is 6.04 Å². The summed E-state index contributed by atoms with van der Waals surface area (Å²) in [7, 11) is 0. The van der Waals surface area contributed by atoms with E-state index in [9.17, 15) is 0 Å². The number of nitrogens with zero attached hydrogens (tertiary/aromatic N) is 2. The van der Waals surface area contributed by atoms with Crippen LogP contribution in [0.2, 0.25) is 0 Å². The molecule has 22 heavy (non-hydrogen) atoms. The first-order valence-electron chi connectivity index (χ1n) is 8.26. The fraction of sp³-hybridized carbons (Fsp3) is 0.556. The van der Waals surface area contributed by atoms with Crippen LogP contribution in [-0.2, 0) is 11.8 Å². The molecule has 1 saturated heterocycles. The summed E-state index contributed by atoms with van der Waals surface area (Å²) in [6.07, 6.45) is 4.46. The van der Waals surface area contributed by atoms with Gasteiger partial charge in [-0.2, -0.15) is 5.10 Å². The van der Waals surface area contributed by atoms with Crippen molar-refractivity contribution in [3.63, 3.8) is 0 Å². The second-order valence-electron chi connectivity index (χ2n) is 7.27. The minimum Gasteiger partial charge on any atom is -0.307 e. The summed E-state index contributed by atoms with van der Waals surface area (Å²) in [4.78, 5) is 4.67. The molecule has 2 N–H and O–H groups in total. The third-order valence-electron chi connectivity index (χ3n) is 4.36. The van der Waals surface area contributed by atoms with Crippen LogP contribution in [0.25, 0.3) is 0 Å². The summed E-state index contributed by atoms with van der Waals surface area (Å²) in [5.41, 5.74) is 2.83. The largest absolute Gasteiger partial charge is 0.307 e. The Balaban J connectivity index is 1.67. The quantitative estimate of drug-likeness (QED) is 0.911. The molecule has 1 aromatic heterocycles. The van der Waals surface area contributed by atoms with Crippen LogP contribution in [0.3, 0.4) is 0 Å². The highest BCUT2D eigenvalue weighted by Crippen LogP contribution is 2.23. The molecule has 2 aromatic rings. The number of aromatic amines is 1. The minimum absolute atomic E-state index is 0.199. The average molecular weight is 298 g/mol. The molecule has 1 atom stereocenters. The maximum Gasteiger partial charge on any atom is 0.167 e. The van der Waals surface area contributed by atoms with Crippen LogP contribution in [0.4, 0.5) is 0 Å². The van der Waals surface area contributed by atoms with Crippen molar-refractivity contribution < 1.29 is 0 Å². The number of H-pyrrole nitrogens is 1. The number of hydrogen-bond donors (Lipinski definition) is 2. The molecule has 4 heteroatoms. The van der Waals surface area contributed by atoms with E-state index < -0.39 is 0 Å². The summed E-state index contributed by atoms with van der Waals surface area (Å²) in [5.74, 6) is 1.87. The predicted molar refractivity (Wildman–Crippen MR) is 88.9 cm³/mol. The Kier molecular flexibility index (Phi) is 4.30. The molecule has 1 fully saturated rings. The maximum absolute atomic E-state index is 4.67. The Morgan fingerprint density at radius 1 is 1.14 bits per heavy atom. The summed E-state index contributed by atoms with van der Waals surface area (Å²) in [6, 6.07) is 9.15. The molecular weight excluding hydrogens is 272 g/mol. The van der Waals surface area contributed by atoms with E-state index in [1.165, 1.54) is 24.0 Å². The fourth-order valence-corrected chi connectivity index (χ4v) is 2.93. The molecule has 0 bridgehead atoms. The van der Waals surface area contributed by atoms with Gasteiger partial charge in [0.05, 0.1) is 6.04 Å². The van der Waals surface area contributed by atoms with Gasteiger partial charge >= 0.3 is 0 Å². The lowest BCUT2D eigenvalue weighted by Gasteiger charge is -2.20. The van der Waals surface area contributed by atoms with Crippen molar-refractivity contribution in [1.82, 2.24) is 20.5 Å². The molecular formula is C18H26N4. The minimum atomic E-state index is 0.199. The molecule has 1 aliphatic heterocycles. The van der Waals surface area contributed by atoms with E-state index in [4.69, 9.17) is 0 Å². The van der Waals surface area contributed by atoms with E-state index >= 15 is 0 Å². The number of nitrogens with one attached hydrogen (secondary N) is 2. The molecule has 1 aromatic carbocycles. The lowest BCUT2D eigenvalue weighted by atomic mass is 9.86. The van der Waals surface area contributed by atoms with Crippen molar-refractivity contribution in [3.05, 3.63) is 47.0 Å². The van der Waals surface area contributed by atoms with E-state index in [-0.39, 0.29) is 5.41 Å². The highest BCUT2D eigenvalue weighted by molar-refractivity contribution is 5.29. The highest BCUT2D eigenvalue weighted by Gasteiger charge is 2.19. The van der Waals surface area contributed by atoms with Gasteiger partial charge in [0.2, 0.25) is 0 Å². The number of hydrogen-bond acceptors (Lipinski definition) is 3. The summed E-state index contributed by atoms with van der Waals surface area (Å²) < 4.78 is 0. The molecule has 0 aliphatic carbocycles. The highest BCUT2D eigenvalue weighted by atomic mass is 15.2. The maximum atomic E-state index is 4.67. The number of aromatic nitrogens is 3. The molecule has 0 spiro atoms.